The first-order chi connectivity index (χ1) is 12.7. The number of pyridine rings is 1. The van der Waals surface area contributed by atoms with Crippen molar-refractivity contribution in [2.75, 3.05) is 24.5 Å². The first-order valence-corrected chi connectivity index (χ1v) is 9.13. The van der Waals surface area contributed by atoms with Crippen LogP contribution in [0.1, 0.15) is 31.9 Å². The highest BCUT2D eigenvalue weighted by Gasteiger charge is 2.04. The Hall–Kier alpha value is -2.63. The van der Waals surface area contributed by atoms with E-state index in [0.29, 0.717) is 24.6 Å². The third-order valence-electron chi connectivity index (χ3n) is 4.06. The van der Waals surface area contributed by atoms with Crippen LogP contribution in [0.15, 0.2) is 47.6 Å². The van der Waals surface area contributed by atoms with E-state index in [1.165, 1.54) is 6.07 Å². The zero-order valence-corrected chi connectivity index (χ0v) is 15.8. The van der Waals surface area contributed by atoms with E-state index in [-0.39, 0.29) is 5.82 Å². The van der Waals surface area contributed by atoms with Crippen LogP contribution in [0.2, 0.25) is 0 Å². The quantitative estimate of drug-likeness (QED) is 0.562. The van der Waals surface area contributed by atoms with Crippen LogP contribution < -0.4 is 15.5 Å². The molecular formula is C20H28FN5. The Morgan fingerprint density at radius 2 is 1.85 bits per heavy atom. The minimum atomic E-state index is -0.216. The van der Waals surface area contributed by atoms with E-state index in [0.717, 1.165) is 31.0 Å². The van der Waals surface area contributed by atoms with Crippen molar-refractivity contribution in [3.8, 4) is 0 Å². The normalized spacial score (nSPS) is 11.3. The van der Waals surface area contributed by atoms with Gasteiger partial charge in [0, 0.05) is 37.9 Å². The minimum Gasteiger partial charge on any atom is -0.357 e. The summed E-state index contributed by atoms with van der Waals surface area (Å²) in [4.78, 5) is 11.3. The van der Waals surface area contributed by atoms with Crippen LogP contribution in [0.4, 0.5) is 10.2 Å². The number of rotatable bonds is 8. The van der Waals surface area contributed by atoms with E-state index in [1.54, 1.807) is 12.1 Å². The van der Waals surface area contributed by atoms with Crippen LogP contribution in [0.25, 0.3) is 0 Å². The zero-order chi connectivity index (χ0) is 18.8. The molecular weight excluding hydrogens is 329 g/mol. The molecule has 1 heterocycles. The van der Waals surface area contributed by atoms with Crippen molar-refractivity contribution in [3.05, 3.63) is 59.5 Å². The Balaban J connectivity index is 1.98. The summed E-state index contributed by atoms with van der Waals surface area (Å²) >= 11 is 0. The van der Waals surface area contributed by atoms with Crippen LogP contribution in [-0.2, 0) is 13.1 Å². The predicted octanol–water partition coefficient (Wildman–Crippen LogP) is 3.32. The van der Waals surface area contributed by atoms with Gasteiger partial charge < -0.3 is 15.5 Å². The van der Waals surface area contributed by atoms with Crippen molar-refractivity contribution in [1.82, 2.24) is 15.6 Å². The third-order valence-corrected chi connectivity index (χ3v) is 4.06. The average molecular weight is 357 g/mol. The fourth-order valence-corrected chi connectivity index (χ4v) is 2.58. The highest BCUT2D eigenvalue weighted by Crippen LogP contribution is 2.11. The molecule has 0 bridgehead atoms. The largest absolute Gasteiger partial charge is 0.357 e. The molecule has 0 spiro atoms. The molecule has 5 nitrogen and oxygen atoms in total. The van der Waals surface area contributed by atoms with E-state index >= 15 is 0 Å². The standard InChI is InChI=1S/C20H28FN5/c1-4-22-20(25-15-17-9-7-8-10-18(17)21)24-14-16-11-12-19(23-13-16)26(5-2)6-3/h7-13H,4-6,14-15H2,1-3H3,(H2,22,24,25). The Bertz CT molecular complexity index is 696. The molecule has 0 aliphatic rings. The number of aromatic nitrogens is 1. The number of aliphatic imine (C=N–C) groups is 1. The molecule has 26 heavy (non-hydrogen) atoms. The Morgan fingerprint density at radius 3 is 2.46 bits per heavy atom. The van der Waals surface area contributed by atoms with Gasteiger partial charge in [0.15, 0.2) is 5.96 Å². The Morgan fingerprint density at radius 1 is 1.08 bits per heavy atom. The third kappa shape index (κ3) is 5.72. The number of nitrogens with one attached hydrogen (secondary N) is 2. The molecule has 0 saturated carbocycles. The van der Waals surface area contributed by atoms with Crippen molar-refractivity contribution in [3.63, 3.8) is 0 Å². The molecule has 1 aromatic carbocycles. The summed E-state index contributed by atoms with van der Waals surface area (Å²) in [5, 5.41) is 6.34. The summed E-state index contributed by atoms with van der Waals surface area (Å²) < 4.78 is 13.7. The van der Waals surface area contributed by atoms with Gasteiger partial charge in [-0.2, -0.15) is 0 Å². The van der Waals surface area contributed by atoms with Crippen molar-refractivity contribution in [2.24, 2.45) is 4.99 Å². The number of hydrogen-bond acceptors (Lipinski definition) is 3. The van der Waals surface area contributed by atoms with Crippen molar-refractivity contribution >= 4 is 11.8 Å². The second-order valence-electron chi connectivity index (χ2n) is 5.84. The number of benzene rings is 1. The lowest BCUT2D eigenvalue weighted by atomic mass is 10.2. The molecule has 0 radical (unpaired) electrons. The maximum atomic E-state index is 13.7. The van der Waals surface area contributed by atoms with Crippen molar-refractivity contribution in [1.29, 1.82) is 0 Å². The molecule has 2 rings (SSSR count). The molecule has 140 valence electrons. The molecule has 6 heteroatoms. The van der Waals surface area contributed by atoms with Crippen LogP contribution in [0.5, 0.6) is 0 Å². The van der Waals surface area contributed by atoms with Gasteiger partial charge in [0.2, 0.25) is 0 Å². The summed E-state index contributed by atoms with van der Waals surface area (Å²) in [6, 6.07) is 10.8. The second kappa shape index (κ2) is 10.4. The lowest BCUT2D eigenvalue weighted by Gasteiger charge is -2.19. The predicted molar refractivity (Wildman–Crippen MR) is 106 cm³/mol. The molecule has 0 aliphatic heterocycles. The first kappa shape index (κ1) is 19.7. The van der Waals surface area contributed by atoms with E-state index in [1.807, 2.05) is 31.3 Å². The second-order valence-corrected chi connectivity index (χ2v) is 5.84. The molecule has 2 N–H and O–H groups in total. The van der Waals surface area contributed by atoms with E-state index < -0.39 is 0 Å². The average Bonchev–Trinajstić information content (AvgIpc) is 2.67. The monoisotopic (exact) mass is 357 g/mol. The summed E-state index contributed by atoms with van der Waals surface area (Å²) in [6.07, 6.45) is 1.86. The van der Waals surface area contributed by atoms with Gasteiger partial charge in [-0.25, -0.2) is 14.4 Å². The van der Waals surface area contributed by atoms with Crippen LogP contribution in [0.3, 0.4) is 0 Å². The number of nitrogens with zero attached hydrogens (tertiary/aromatic N) is 3. The van der Waals surface area contributed by atoms with Gasteiger partial charge in [-0.3, -0.25) is 0 Å². The van der Waals surface area contributed by atoms with Crippen LogP contribution in [-0.4, -0.2) is 30.6 Å². The number of anilines is 1. The van der Waals surface area contributed by atoms with E-state index in [2.05, 4.69) is 39.4 Å². The van der Waals surface area contributed by atoms with Crippen molar-refractivity contribution in [2.45, 2.75) is 33.9 Å². The van der Waals surface area contributed by atoms with Gasteiger partial charge in [-0.1, -0.05) is 24.3 Å². The van der Waals surface area contributed by atoms with E-state index in [9.17, 15) is 4.39 Å². The highest BCUT2D eigenvalue weighted by atomic mass is 19.1. The van der Waals surface area contributed by atoms with E-state index in [4.69, 9.17) is 0 Å². The Labute approximate surface area is 155 Å². The molecule has 0 amide bonds. The first-order valence-electron chi connectivity index (χ1n) is 9.13. The molecule has 0 atom stereocenters. The summed E-state index contributed by atoms with van der Waals surface area (Å²) in [7, 11) is 0. The van der Waals surface area contributed by atoms with Crippen LogP contribution in [0, 0.1) is 5.82 Å². The zero-order valence-electron chi connectivity index (χ0n) is 15.8. The number of halogens is 1. The fourth-order valence-electron chi connectivity index (χ4n) is 2.58. The molecule has 0 aliphatic carbocycles. The summed E-state index contributed by atoms with van der Waals surface area (Å²) in [6.45, 7) is 9.75. The number of hydrogen-bond donors (Lipinski definition) is 2. The summed E-state index contributed by atoms with van der Waals surface area (Å²) in [5.74, 6) is 1.42. The smallest absolute Gasteiger partial charge is 0.191 e. The van der Waals surface area contributed by atoms with Gasteiger partial charge >= 0.3 is 0 Å². The SMILES string of the molecule is CCNC(=NCc1ccc(N(CC)CC)nc1)NCc1ccccc1F. The minimum absolute atomic E-state index is 0.216. The molecule has 1 aromatic heterocycles. The van der Waals surface area contributed by atoms with Gasteiger partial charge in [0.25, 0.3) is 0 Å². The number of guanidine groups is 1. The molecule has 0 unspecified atom stereocenters. The topological polar surface area (TPSA) is 52.6 Å². The molecule has 0 fully saturated rings. The van der Waals surface area contributed by atoms with Crippen molar-refractivity contribution < 1.29 is 4.39 Å². The maximum absolute atomic E-state index is 13.7. The highest BCUT2D eigenvalue weighted by molar-refractivity contribution is 5.79. The van der Waals surface area contributed by atoms with Gasteiger partial charge in [0.05, 0.1) is 6.54 Å². The molecule has 2 aromatic rings. The van der Waals surface area contributed by atoms with Gasteiger partial charge in [-0.15, -0.1) is 0 Å². The van der Waals surface area contributed by atoms with Gasteiger partial charge in [0.1, 0.15) is 11.6 Å². The lowest BCUT2D eigenvalue weighted by molar-refractivity contribution is 0.604. The fraction of sp³-hybridized carbons (Fsp3) is 0.400. The maximum Gasteiger partial charge on any atom is 0.191 e. The van der Waals surface area contributed by atoms with Crippen LogP contribution >= 0.6 is 0 Å². The lowest BCUT2D eigenvalue weighted by Crippen LogP contribution is -2.37. The molecule has 0 saturated heterocycles. The Kier molecular flexibility index (Phi) is 7.86. The van der Waals surface area contributed by atoms with Gasteiger partial charge in [-0.05, 0) is 38.5 Å². The summed E-state index contributed by atoms with van der Waals surface area (Å²) in [5.41, 5.74) is 1.65.